The highest BCUT2D eigenvalue weighted by Crippen LogP contribution is 2.26. The largest absolute Gasteiger partial charge is 0.497 e. The summed E-state index contributed by atoms with van der Waals surface area (Å²) in [4.78, 5) is 27.7. The van der Waals surface area contributed by atoms with Gasteiger partial charge in [-0.05, 0) is 36.1 Å². The van der Waals surface area contributed by atoms with Gasteiger partial charge in [-0.15, -0.1) is 0 Å². The number of nitrogens with zero attached hydrogens (tertiary/aromatic N) is 3. The van der Waals surface area contributed by atoms with Crippen LogP contribution in [-0.4, -0.2) is 46.7 Å². The zero-order valence-electron chi connectivity index (χ0n) is 21.4. The minimum atomic E-state index is -0.252. The number of rotatable bonds is 10. The molecule has 7 heteroatoms. The summed E-state index contributed by atoms with van der Waals surface area (Å²) in [6, 6.07) is 19.1. The van der Waals surface area contributed by atoms with Crippen LogP contribution in [0, 0.1) is 5.41 Å². The van der Waals surface area contributed by atoms with E-state index in [1.807, 2.05) is 81.4 Å². The molecule has 0 aliphatic carbocycles. The molecule has 0 fully saturated rings. The highest BCUT2D eigenvalue weighted by atomic mass is 16.5. The van der Waals surface area contributed by atoms with Crippen LogP contribution in [0.1, 0.15) is 47.0 Å². The number of anilines is 1. The number of amides is 2. The lowest BCUT2D eigenvalue weighted by Crippen LogP contribution is -2.40. The van der Waals surface area contributed by atoms with Gasteiger partial charge >= 0.3 is 0 Å². The first-order valence-corrected chi connectivity index (χ1v) is 12.1. The van der Waals surface area contributed by atoms with Crippen molar-refractivity contribution in [2.45, 2.75) is 47.0 Å². The van der Waals surface area contributed by atoms with E-state index in [-0.39, 0.29) is 23.8 Å². The molecule has 0 saturated heterocycles. The van der Waals surface area contributed by atoms with Crippen LogP contribution >= 0.6 is 0 Å². The molecule has 3 rings (SSSR count). The van der Waals surface area contributed by atoms with Crippen molar-refractivity contribution in [3.8, 4) is 22.7 Å². The van der Waals surface area contributed by atoms with E-state index in [1.54, 1.807) is 16.7 Å². The molecule has 2 amide bonds. The fourth-order valence-electron chi connectivity index (χ4n) is 3.70. The number of ether oxygens (including phenoxy) is 1. The minimum absolute atomic E-state index is 0.00335. The minimum Gasteiger partial charge on any atom is -0.497 e. The van der Waals surface area contributed by atoms with E-state index in [4.69, 9.17) is 9.84 Å². The van der Waals surface area contributed by atoms with Crippen molar-refractivity contribution in [3.63, 3.8) is 0 Å². The maximum atomic E-state index is 13.1. The molecule has 35 heavy (non-hydrogen) atoms. The Morgan fingerprint density at radius 2 is 1.74 bits per heavy atom. The van der Waals surface area contributed by atoms with Crippen molar-refractivity contribution < 1.29 is 14.3 Å². The van der Waals surface area contributed by atoms with Crippen molar-refractivity contribution in [2.75, 3.05) is 25.5 Å². The predicted octanol–water partition coefficient (Wildman–Crippen LogP) is 5.55. The van der Waals surface area contributed by atoms with Crippen LogP contribution in [0.3, 0.4) is 0 Å². The summed E-state index contributed by atoms with van der Waals surface area (Å²) >= 11 is 0. The van der Waals surface area contributed by atoms with E-state index in [2.05, 4.69) is 12.2 Å². The monoisotopic (exact) mass is 476 g/mol. The van der Waals surface area contributed by atoms with Gasteiger partial charge in [-0.3, -0.25) is 9.59 Å². The number of nitrogens with one attached hydrogen (secondary N) is 1. The fourth-order valence-corrected chi connectivity index (χ4v) is 3.70. The van der Waals surface area contributed by atoms with Crippen LogP contribution in [0.15, 0.2) is 60.7 Å². The van der Waals surface area contributed by atoms with Gasteiger partial charge in [0.2, 0.25) is 11.8 Å². The Bertz CT molecular complexity index is 1120. The van der Waals surface area contributed by atoms with Gasteiger partial charge in [0.1, 0.15) is 11.6 Å². The molecule has 1 N–H and O–H groups in total. The molecule has 1 heterocycles. The van der Waals surface area contributed by atoms with E-state index in [9.17, 15) is 9.59 Å². The van der Waals surface area contributed by atoms with Crippen molar-refractivity contribution in [1.29, 1.82) is 0 Å². The van der Waals surface area contributed by atoms with E-state index in [1.165, 1.54) is 0 Å². The average molecular weight is 477 g/mol. The molecular formula is C28H36N4O3. The number of hydrogen-bond donors (Lipinski definition) is 1. The summed E-state index contributed by atoms with van der Waals surface area (Å²) in [5, 5.41) is 7.74. The molecule has 0 atom stereocenters. The zero-order chi connectivity index (χ0) is 25.4. The third-order valence-corrected chi connectivity index (χ3v) is 5.51. The normalized spacial score (nSPS) is 11.2. The van der Waals surface area contributed by atoms with E-state index < -0.39 is 0 Å². The smallest absolute Gasteiger partial charge is 0.245 e. The molecule has 0 saturated carbocycles. The van der Waals surface area contributed by atoms with Crippen LogP contribution in [0.25, 0.3) is 16.9 Å². The Hall–Kier alpha value is -3.61. The predicted molar refractivity (Wildman–Crippen MR) is 140 cm³/mol. The molecule has 0 radical (unpaired) electrons. The number of unbranched alkanes of at least 4 members (excludes halogenated alkanes) is 1. The first-order valence-electron chi connectivity index (χ1n) is 12.1. The topological polar surface area (TPSA) is 76.5 Å². The summed E-state index contributed by atoms with van der Waals surface area (Å²) in [7, 11) is 1.62. The van der Waals surface area contributed by atoms with Gasteiger partial charge in [0.15, 0.2) is 0 Å². The van der Waals surface area contributed by atoms with Gasteiger partial charge < -0.3 is 15.0 Å². The number of aromatic nitrogens is 2. The van der Waals surface area contributed by atoms with Gasteiger partial charge in [-0.25, -0.2) is 4.68 Å². The summed E-state index contributed by atoms with van der Waals surface area (Å²) in [5.74, 6) is 1.02. The second-order valence-electron chi connectivity index (χ2n) is 9.85. The Labute approximate surface area is 208 Å². The van der Waals surface area contributed by atoms with Gasteiger partial charge in [0.05, 0.1) is 25.0 Å². The van der Waals surface area contributed by atoms with E-state index in [0.717, 1.165) is 35.5 Å². The van der Waals surface area contributed by atoms with Crippen LogP contribution in [0.5, 0.6) is 5.75 Å². The standard InChI is InChI=1S/C28H36N4O3/c1-6-7-17-31(27(34)19-28(2,3)4)20-26(33)29-25-18-24(21-11-9-8-10-12-21)30-32(25)22-13-15-23(35-5)16-14-22/h8-16,18H,6-7,17,19-20H2,1-5H3,(H,29,33). The Morgan fingerprint density at radius 1 is 1.06 bits per heavy atom. The lowest BCUT2D eigenvalue weighted by Gasteiger charge is -2.26. The first-order chi connectivity index (χ1) is 16.7. The van der Waals surface area contributed by atoms with Gasteiger partial charge in [-0.2, -0.15) is 5.10 Å². The highest BCUT2D eigenvalue weighted by molar-refractivity contribution is 5.94. The fraction of sp³-hybridized carbons (Fsp3) is 0.393. The van der Waals surface area contributed by atoms with Crippen LogP contribution in [0.4, 0.5) is 5.82 Å². The Balaban J connectivity index is 1.86. The number of benzene rings is 2. The third-order valence-electron chi connectivity index (χ3n) is 5.51. The molecule has 3 aromatic rings. The molecule has 0 aliphatic rings. The number of hydrogen-bond acceptors (Lipinski definition) is 4. The van der Waals surface area contributed by atoms with Gasteiger partial charge in [0, 0.05) is 24.6 Å². The number of methoxy groups -OCH3 is 1. The number of carbonyl (C=O) groups excluding carboxylic acids is 2. The number of carbonyl (C=O) groups is 2. The zero-order valence-corrected chi connectivity index (χ0v) is 21.4. The van der Waals surface area contributed by atoms with Crippen molar-refractivity contribution >= 4 is 17.6 Å². The Morgan fingerprint density at radius 3 is 2.34 bits per heavy atom. The average Bonchev–Trinajstić information content (AvgIpc) is 3.24. The molecule has 1 aromatic heterocycles. The second-order valence-corrected chi connectivity index (χ2v) is 9.85. The summed E-state index contributed by atoms with van der Waals surface area (Å²) in [6.45, 7) is 8.73. The molecule has 0 aliphatic heterocycles. The summed E-state index contributed by atoms with van der Waals surface area (Å²) < 4.78 is 6.97. The second kappa shape index (κ2) is 11.7. The maximum Gasteiger partial charge on any atom is 0.245 e. The Kier molecular flexibility index (Phi) is 8.68. The maximum absolute atomic E-state index is 13.1. The molecule has 2 aromatic carbocycles. The van der Waals surface area contributed by atoms with Crippen LogP contribution < -0.4 is 10.1 Å². The molecule has 186 valence electrons. The lowest BCUT2D eigenvalue weighted by molar-refractivity contribution is -0.136. The summed E-state index contributed by atoms with van der Waals surface area (Å²) in [5.41, 5.74) is 2.33. The van der Waals surface area contributed by atoms with Crippen molar-refractivity contribution in [3.05, 3.63) is 60.7 Å². The van der Waals surface area contributed by atoms with Gasteiger partial charge in [0.25, 0.3) is 0 Å². The first kappa shape index (κ1) is 26.0. The lowest BCUT2D eigenvalue weighted by atomic mass is 9.91. The van der Waals surface area contributed by atoms with Gasteiger partial charge in [-0.1, -0.05) is 64.4 Å². The molecule has 0 spiro atoms. The highest BCUT2D eigenvalue weighted by Gasteiger charge is 2.23. The van der Waals surface area contributed by atoms with E-state index in [0.29, 0.717) is 18.8 Å². The SMILES string of the molecule is CCCCN(CC(=O)Nc1cc(-c2ccccc2)nn1-c1ccc(OC)cc1)C(=O)CC(C)(C)C. The molecular weight excluding hydrogens is 440 g/mol. The quantitative estimate of drug-likeness (QED) is 0.416. The van der Waals surface area contributed by atoms with Crippen LogP contribution in [0.2, 0.25) is 0 Å². The summed E-state index contributed by atoms with van der Waals surface area (Å²) in [6.07, 6.45) is 2.20. The third kappa shape index (κ3) is 7.44. The van der Waals surface area contributed by atoms with E-state index >= 15 is 0 Å². The van der Waals surface area contributed by atoms with Crippen molar-refractivity contribution in [2.24, 2.45) is 5.41 Å². The molecule has 0 unspecified atom stereocenters. The molecule has 0 bridgehead atoms. The van der Waals surface area contributed by atoms with Crippen molar-refractivity contribution in [1.82, 2.24) is 14.7 Å². The van der Waals surface area contributed by atoms with Crippen LogP contribution in [-0.2, 0) is 9.59 Å². The molecule has 7 nitrogen and oxygen atoms in total.